The van der Waals surface area contributed by atoms with Crippen molar-refractivity contribution in [2.45, 2.75) is 63.5 Å². The molecule has 1 saturated carbocycles. The van der Waals surface area contributed by atoms with Crippen LogP contribution < -0.4 is 5.32 Å². The van der Waals surface area contributed by atoms with Crippen LogP contribution in [-0.4, -0.2) is 52.3 Å². The molecule has 0 spiro atoms. The van der Waals surface area contributed by atoms with Crippen molar-refractivity contribution >= 4 is 12.0 Å². The number of carbonyl (C=O) groups excluding carboxylic acids is 1. The highest BCUT2D eigenvalue weighted by Crippen LogP contribution is 2.25. The third-order valence-electron chi connectivity index (χ3n) is 4.74. The Morgan fingerprint density at radius 3 is 2.48 bits per heavy atom. The second-order valence-corrected chi connectivity index (χ2v) is 6.16. The number of piperidine rings is 1. The van der Waals surface area contributed by atoms with Gasteiger partial charge in [-0.2, -0.15) is 0 Å². The minimum Gasteiger partial charge on any atom is -0.481 e. The van der Waals surface area contributed by atoms with E-state index in [1.54, 1.807) is 4.90 Å². The molecule has 3 N–H and O–H groups in total. The van der Waals surface area contributed by atoms with Crippen LogP contribution in [0.1, 0.15) is 51.4 Å². The van der Waals surface area contributed by atoms with E-state index >= 15 is 0 Å². The Labute approximate surface area is 125 Å². The minimum absolute atomic E-state index is 0.0273. The second-order valence-electron chi connectivity index (χ2n) is 6.16. The Bertz CT molecular complexity index is 375. The highest BCUT2D eigenvalue weighted by Gasteiger charge is 2.33. The fourth-order valence-corrected chi connectivity index (χ4v) is 3.48. The van der Waals surface area contributed by atoms with Gasteiger partial charge in [0.1, 0.15) is 0 Å². The standard InChI is InChI=1S/C15H26N2O4/c18-10-11-6-4-5-9-17(11)15(21)16-13-8-3-1-2-7-12(13)14(19)20/h11-13,18H,1-10H2,(H,16,21)(H,19,20). The van der Waals surface area contributed by atoms with Crippen LogP contribution in [0.25, 0.3) is 0 Å². The molecule has 0 radical (unpaired) electrons. The van der Waals surface area contributed by atoms with Gasteiger partial charge in [0.2, 0.25) is 0 Å². The van der Waals surface area contributed by atoms with Crippen molar-refractivity contribution in [3.63, 3.8) is 0 Å². The molecule has 6 nitrogen and oxygen atoms in total. The van der Waals surface area contributed by atoms with E-state index in [1.807, 2.05) is 0 Å². The molecule has 0 aromatic carbocycles. The highest BCUT2D eigenvalue weighted by molar-refractivity contribution is 5.77. The topological polar surface area (TPSA) is 89.9 Å². The zero-order chi connectivity index (χ0) is 15.2. The molecule has 1 saturated heterocycles. The summed E-state index contributed by atoms with van der Waals surface area (Å²) in [5.74, 6) is -1.31. The van der Waals surface area contributed by atoms with E-state index in [0.29, 0.717) is 13.0 Å². The van der Waals surface area contributed by atoms with Gasteiger partial charge in [0.05, 0.1) is 18.6 Å². The first kappa shape index (κ1) is 16.1. The molecule has 1 aliphatic carbocycles. The molecule has 2 aliphatic rings. The van der Waals surface area contributed by atoms with Crippen molar-refractivity contribution < 1.29 is 19.8 Å². The first-order valence-corrected chi connectivity index (χ1v) is 8.04. The number of amides is 2. The molecule has 2 fully saturated rings. The van der Waals surface area contributed by atoms with Gasteiger partial charge < -0.3 is 20.4 Å². The van der Waals surface area contributed by atoms with Gasteiger partial charge in [0.25, 0.3) is 0 Å². The van der Waals surface area contributed by atoms with Gasteiger partial charge >= 0.3 is 12.0 Å². The number of urea groups is 1. The molecule has 1 aliphatic heterocycles. The molecule has 0 aromatic heterocycles. The number of aliphatic hydroxyl groups excluding tert-OH is 1. The number of nitrogens with one attached hydrogen (secondary N) is 1. The fraction of sp³-hybridized carbons (Fsp3) is 0.867. The normalized spacial score (nSPS) is 30.5. The van der Waals surface area contributed by atoms with Crippen LogP contribution in [0.4, 0.5) is 4.79 Å². The van der Waals surface area contributed by atoms with Crippen LogP contribution in [0, 0.1) is 5.92 Å². The summed E-state index contributed by atoms with van der Waals surface area (Å²) in [6.45, 7) is 0.613. The Morgan fingerprint density at radius 1 is 1.05 bits per heavy atom. The Balaban J connectivity index is 1.99. The Kier molecular flexibility index (Phi) is 5.85. The molecule has 3 atom stereocenters. The largest absolute Gasteiger partial charge is 0.481 e. The van der Waals surface area contributed by atoms with E-state index in [0.717, 1.165) is 44.9 Å². The lowest BCUT2D eigenvalue weighted by Crippen LogP contribution is -2.54. The maximum atomic E-state index is 12.4. The van der Waals surface area contributed by atoms with Crippen LogP contribution in [0.3, 0.4) is 0 Å². The number of carboxylic acid groups (broad SMARTS) is 1. The number of rotatable bonds is 3. The van der Waals surface area contributed by atoms with Crippen molar-refractivity contribution in [3.8, 4) is 0 Å². The lowest BCUT2D eigenvalue weighted by Gasteiger charge is -2.36. The van der Waals surface area contributed by atoms with E-state index in [4.69, 9.17) is 0 Å². The number of likely N-dealkylation sites (tertiary alicyclic amines) is 1. The van der Waals surface area contributed by atoms with Gasteiger partial charge in [0.15, 0.2) is 0 Å². The van der Waals surface area contributed by atoms with Crippen molar-refractivity contribution in [1.82, 2.24) is 10.2 Å². The molecule has 1 heterocycles. The number of hydrogen-bond acceptors (Lipinski definition) is 3. The maximum absolute atomic E-state index is 12.4. The predicted molar refractivity (Wildman–Crippen MR) is 78.0 cm³/mol. The van der Waals surface area contributed by atoms with Gasteiger partial charge in [-0.15, -0.1) is 0 Å². The van der Waals surface area contributed by atoms with Gasteiger partial charge in [-0.1, -0.05) is 19.3 Å². The van der Waals surface area contributed by atoms with Gasteiger partial charge in [-0.3, -0.25) is 4.79 Å². The summed E-state index contributed by atoms with van der Waals surface area (Å²) in [4.78, 5) is 25.5. The molecule has 2 amide bonds. The fourth-order valence-electron chi connectivity index (χ4n) is 3.48. The van der Waals surface area contributed by atoms with E-state index in [9.17, 15) is 19.8 Å². The molecule has 0 bridgehead atoms. The van der Waals surface area contributed by atoms with E-state index < -0.39 is 11.9 Å². The zero-order valence-corrected chi connectivity index (χ0v) is 12.5. The van der Waals surface area contributed by atoms with Crippen LogP contribution in [0.15, 0.2) is 0 Å². The molecule has 21 heavy (non-hydrogen) atoms. The summed E-state index contributed by atoms with van der Waals surface area (Å²) in [5.41, 5.74) is 0. The summed E-state index contributed by atoms with van der Waals surface area (Å²) >= 11 is 0. The number of carboxylic acids is 1. The maximum Gasteiger partial charge on any atom is 0.317 e. The summed E-state index contributed by atoms with van der Waals surface area (Å²) in [5, 5.41) is 21.7. The van der Waals surface area contributed by atoms with Crippen molar-refractivity contribution in [2.24, 2.45) is 5.92 Å². The summed E-state index contributed by atoms with van der Waals surface area (Å²) in [7, 11) is 0. The molecule has 6 heteroatoms. The lowest BCUT2D eigenvalue weighted by molar-refractivity contribution is -0.142. The van der Waals surface area contributed by atoms with E-state index in [1.165, 1.54) is 0 Å². The smallest absolute Gasteiger partial charge is 0.317 e. The van der Waals surface area contributed by atoms with Crippen LogP contribution in [-0.2, 0) is 4.79 Å². The van der Waals surface area contributed by atoms with Crippen LogP contribution >= 0.6 is 0 Å². The van der Waals surface area contributed by atoms with Crippen LogP contribution in [0.2, 0.25) is 0 Å². The van der Waals surface area contributed by atoms with E-state index in [-0.39, 0.29) is 24.7 Å². The number of aliphatic carboxylic acids is 1. The number of carbonyl (C=O) groups is 2. The molecular weight excluding hydrogens is 272 g/mol. The van der Waals surface area contributed by atoms with Gasteiger partial charge in [0, 0.05) is 12.6 Å². The van der Waals surface area contributed by atoms with E-state index in [2.05, 4.69) is 5.32 Å². The molecular formula is C15H26N2O4. The van der Waals surface area contributed by atoms with Gasteiger partial charge in [-0.25, -0.2) is 4.79 Å². The first-order valence-electron chi connectivity index (χ1n) is 8.04. The molecule has 3 unspecified atom stereocenters. The van der Waals surface area contributed by atoms with Crippen LogP contribution in [0.5, 0.6) is 0 Å². The van der Waals surface area contributed by atoms with Crippen molar-refractivity contribution in [1.29, 1.82) is 0 Å². The second kappa shape index (κ2) is 7.64. The third-order valence-corrected chi connectivity index (χ3v) is 4.74. The third kappa shape index (κ3) is 4.09. The molecule has 120 valence electrons. The number of hydrogen-bond donors (Lipinski definition) is 3. The van der Waals surface area contributed by atoms with Crippen molar-refractivity contribution in [3.05, 3.63) is 0 Å². The van der Waals surface area contributed by atoms with Crippen molar-refractivity contribution in [2.75, 3.05) is 13.2 Å². The Morgan fingerprint density at radius 2 is 1.76 bits per heavy atom. The minimum atomic E-state index is -0.820. The average Bonchev–Trinajstić information content (AvgIpc) is 2.72. The average molecular weight is 298 g/mol. The summed E-state index contributed by atoms with van der Waals surface area (Å²) < 4.78 is 0. The van der Waals surface area contributed by atoms with Gasteiger partial charge in [-0.05, 0) is 32.1 Å². The number of aliphatic hydroxyl groups is 1. The molecule has 2 rings (SSSR count). The predicted octanol–water partition coefficient (Wildman–Crippen LogP) is 1.58. The first-order chi connectivity index (χ1) is 10.1. The monoisotopic (exact) mass is 298 g/mol. The lowest BCUT2D eigenvalue weighted by atomic mass is 9.95. The molecule has 0 aromatic rings. The SMILES string of the molecule is O=C(O)C1CCCCCC1NC(=O)N1CCCCC1CO. The zero-order valence-electron chi connectivity index (χ0n) is 12.5. The Hall–Kier alpha value is -1.30. The summed E-state index contributed by atoms with van der Waals surface area (Å²) in [6.07, 6.45) is 7.03. The highest BCUT2D eigenvalue weighted by atomic mass is 16.4. The number of nitrogens with zero attached hydrogens (tertiary/aromatic N) is 1. The summed E-state index contributed by atoms with van der Waals surface area (Å²) in [6, 6.07) is -0.640. The quantitative estimate of drug-likeness (QED) is 0.690.